The van der Waals surface area contributed by atoms with Gasteiger partial charge in [0.05, 0.1) is 17.3 Å². The van der Waals surface area contributed by atoms with Gasteiger partial charge in [-0.3, -0.25) is 10.1 Å². The molecule has 0 aliphatic carbocycles. The van der Waals surface area contributed by atoms with Gasteiger partial charge in [0.15, 0.2) is 5.11 Å². The number of nitrogens with one attached hydrogen (secondary N) is 2. The van der Waals surface area contributed by atoms with Crippen LogP contribution in [0.25, 0.3) is 0 Å². The molecule has 2 aromatic rings. The molecule has 1 heterocycles. The number of amides is 1. The van der Waals surface area contributed by atoms with E-state index in [9.17, 15) is 4.79 Å². The van der Waals surface area contributed by atoms with Crippen molar-refractivity contribution in [2.24, 2.45) is 0 Å². The summed E-state index contributed by atoms with van der Waals surface area (Å²) in [4.78, 5) is 17.0. The molecule has 6 nitrogen and oxygen atoms in total. The number of piperazine rings is 1. The van der Waals surface area contributed by atoms with E-state index < -0.39 is 0 Å². The number of hydrogen-bond acceptors (Lipinski definition) is 5. The number of halogens is 1. The topological polar surface area (TPSA) is 56.8 Å². The predicted octanol–water partition coefficient (Wildman–Crippen LogP) is 3.62. The van der Waals surface area contributed by atoms with Crippen molar-refractivity contribution in [3.05, 3.63) is 53.1 Å². The monoisotopic (exact) mass is 432 g/mol. The Morgan fingerprint density at radius 3 is 2.62 bits per heavy atom. The zero-order valence-corrected chi connectivity index (χ0v) is 18.1. The van der Waals surface area contributed by atoms with E-state index in [4.69, 9.17) is 28.6 Å². The number of carbonyl (C=O) groups is 1. The average Bonchev–Trinajstić information content (AvgIpc) is 2.69. The quantitative estimate of drug-likeness (QED) is 0.704. The van der Waals surface area contributed by atoms with E-state index in [1.807, 2.05) is 25.1 Å². The summed E-state index contributed by atoms with van der Waals surface area (Å²) in [7, 11) is 2.12. The van der Waals surface area contributed by atoms with Crippen molar-refractivity contribution in [2.45, 2.75) is 6.92 Å². The third-order valence-corrected chi connectivity index (χ3v) is 5.19. The minimum atomic E-state index is -0.302. The Bertz CT molecular complexity index is 885. The lowest BCUT2D eigenvalue weighted by atomic mass is 10.2. The smallest absolute Gasteiger partial charge is 0.257 e. The summed E-state index contributed by atoms with van der Waals surface area (Å²) in [6.07, 6.45) is 0. The van der Waals surface area contributed by atoms with Gasteiger partial charge in [0.25, 0.3) is 5.91 Å². The molecule has 2 aromatic carbocycles. The number of nitrogens with zero attached hydrogens (tertiary/aromatic N) is 2. The van der Waals surface area contributed by atoms with Crippen LogP contribution in [0.1, 0.15) is 17.3 Å². The maximum absolute atomic E-state index is 12.4. The summed E-state index contributed by atoms with van der Waals surface area (Å²) >= 11 is 11.8. The summed E-state index contributed by atoms with van der Waals surface area (Å²) in [6.45, 7) is 6.34. The highest BCUT2D eigenvalue weighted by Gasteiger charge is 2.17. The van der Waals surface area contributed by atoms with Crippen LogP contribution in [-0.4, -0.2) is 55.8 Å². The molecular weight excluding hydrogens is 408 g/mol. The van der Waals surface area contributed by atoms with Crippen molar-refractivity contribution in [3.63, 3.8) is 0 Å². The molecule has 0 aromatic heterocycles. The third kappa shape index (κ3) is 5.82. The van der Waals surface area contributed by atoms with Gasteiger partial charge in [0, 0.05) is 37.4 Å². The van der Waals surface area contributed by atoms with Gasteiger partial charge in [-0.25, -0.2) is 0 Å². The van der Waals surface area contributed by atoms with Gasteiger partial charge in [-0.05, 0) is 62.6 Å². The second-order valence-electron chi connectivity index (χ2n) is 6.83. The van der Waals surface area contributed by atoms with E-state index >= 15 is 0 Å². The van der Waals surface area contributed by atoms with Gasteiger partial charge >= 0.3 is 0 Å². The van der Waals surface area contributed by atoms with Crippen molar-refractivity contribution in [3.8, 4) is 5.75 Å². The van der Waals surface area contributed by atoms with Crippen molar-refractivity contribution >= 4 is 46.2 Å². The fourth-order valence-corrected chi connectivity index (χ4v) is 3.63. The summed E-state index contributed by atoms with van der Waals surface area (Å²) in [5.41, 5.74) is 2.21. The van der Waals surface area contributed by atoms with Gasteiger partial charge in [-0.15, -0.1) is 0 Å². The number of hydrogen-bond donors (Lipinski definition) is 2. The van der Waals surface area contributed by atoms with E-state index in [0.29, 0.717) is 22.9 Å². The number of thiocarbonyl (C=S) groups is 1. The Balaban J connectivity index is 1.59. The Morgan fingerprint density at radius 2 is 1.93 bits per heavy atom. The number of anilines is 2. The van der Waals surface area contributed by atoms with Crippen molar-refractivity contribution < 1.29 is 9.53 Å². The second-order valence-corrected chi connectivity index (χ2v) is 7.64. The average molecular weight is 433 g/mol. The summed E-state index contributed by atoms with van der Waals surface area (Å²) in [6, 6.07) is 12.7. The summed E-state index contributed by atoms with van der Waals surface area (Å²) < 4.78 is 5.43. The van der Waals surface area contributed by atoms with Crippen LogP contribution in [0, 0.1) is 0 Å². The van der Waals surface area contributed by atoms with Gasteiger partial charge < -0.3 is 19.9 Å². The van der Waals surface area contributed by atoms with E-state index in [2.05, 4.69) is 27.5 Å². The minimum Gasteiger partial charge on any atom is -0.494 e. The molecule has 1 aliphatic heterocycles. The molecule has 0 bridgehead atoms. The van der Waals surface area contributed by atoms with E-state index in [0.717, 1.165) is 37.6 Å². The van der Waals surface area contributed by atoms with Gasteiger partial charge in [-0.1, -0.05) is 17.7 Å². The highest BCUT2D eigenvalue weighted by atomic mass is 35.5. The Morgan fingerprint density at radius 1 is 1.17 bits per heavy atom. The van der Waals surface area contributed by atoms with Crippen LogP contribution in [0.2, 0.25) is 5.02 Å². The fourth-order valence-electron chi connectivity index (χ4n) is 3.12. The zero-order chi connectivity index (χ0) is 20.8. The highest BCUT2D eigenvalue weighted by Crippen LogP contribution is 2.29. The Kier molecular flexibility index (Phi) is 7.30. The zero-order valence-electron chi connectivity index (χ0n) is 16.6. The van der Waals surface area contributed by atoms with Crippen LogP contribution >= 0.6 is 23.8 Å². The fraction of sp³-hybridized carbons (Fsp3) is 0.333. The predicted molar refractivity (Wildman–Crippen MR) is 122 cm³/mol. The number of benzene rings is 2. The standard InChI is InChI=1S/C21H25ClN4O2S/c1-3-28-17-6-4-5-15(13-17)20(27)24-21(29)23-16-7-8-19(18(22)14-16)26-11-9-25(2)10-12-26/h4-8,13-14H,3,9-12H2,1-2H3,(H2,23,24,27,29). The third-order valence-electron chi connectivity index (χ3n) is 4.68. The molecule has 1 fully saturated rings. The Hall–Kier alpha value is -2.35. The molecule has 29 heavy (non-hydrogen) atoms. The normalized spacial score (nSPS) is 14.4. The largest absolute Gasteiger partial charge is 0.494 e. The minimum absolute atomic E-state index is 0.209. The molecule has 0 radical (unpaired) electrons. The molecule has 1 aliphatic rings. The van der Waals surface area contributed by atoms with E-state index in [1.165, 1.54) is 0 Å². The maximum Gasteiger partial charge on any atom is 0.257 e. The van der Waals surface area contributed by atoms with Crippen LogP contribution in [0.15, 0.2) is 42.5 Å². The Labute approximate surface area is 181 Å². The van der Waals surface area contributed by atoms with Crippen LogP contribution < -0.4 is 20.3 Å². The van der Waals surface area contributed by atoms with E-state index in [-0.39, 0.29) is 11.0 Å². The molecule has 2 N–H and O–H groups in total. The molecule has 0 unspecified atom stereocenters. The first-order valence-electron chi connectivity index (χ1n) is 9.54. The number of carbonyl (C=O) groups excluding carboxylic acids is 1. The van der Waals surface area contributed by atoms with Crippen LogP contribution in [0.4, 0.5) is 11.4 Å². The number of likely N-dealkylation sites (N-methyl/N-ethyl adjacent to an activating group) is 1. The first kappa shape index (κ1) is 21.4. The molecule has 8 heteroatoms. The van der Waals surface area contributed by atoms with Gasteiger partial charge in [0.2, 0.25) is 0 Å². The SMILES string of the molecule is CCOc1cccc(C(=O)NC(=S)Nc2ccc(N3CCN(C)CC3)c(Cl)c2)c1. The lowest BCUT2D eigenvalue weighted by molar-refractivity contribution is 0.0977. The van der Waals surface area contributed by atoms with Crippen LogP contribution in [0.3, 0.4) is 0 Å². The van der Waals surface area contributed by atoms with Gasteiger partial charge in [-0.2, -0.15) is 0 Å². The van der Waals surface area contributed by atoms with Crippen LogP contribution in [0.5, 0.6) is 5.75 Å². The number of ether oxygens (including phenoxy) is 1. The molecule has 0 atom stereocenters. The summed E-state index contributed by atoms with van der Waals surface area (Å²) in [5, 5.41) is 6.56. The molecule has 154 valence electrons. The lowest BCUT2D eigenvalue weighted by Crippen LogP contribution is -2.44. The van der Waals surface area contributed by atoms with E-state index in [1.54, 1.807) is 24.3 Å². The molecule has 3 rings (SSSR count). The summed E-state index contributed by atoms with van der Waals surface area (Å²) in [5.74, 6) is 0.342. The number of rotatable bonds is 5. The first-order valence-corrected chi connectivity index (χ1v) is 10.3. The second kappa shape index (κ2) is 9.91. The van der Waals surface area contributed by atoms with Crippen LogP contribution in [-0.2, 0) is 0 Å². The molecule has 0 spiro atoms. The van der Waals surface area contributed by atoms with Crippen molar-refractivity contribution in [2.75, 3.05) is 50.1 Å². The highest BCUT2D eigenvalue weighted by molar-refractivity contribution is 7.80. The lowest BCUT2D eigenvalue weighted by Gasteiger charge is -2.34. The van der Waals surface area contributed by atoms with Gasteiger partial charge in [0.1, 0.15) is 5.75 Å². The molecule has 1 amide bonds. The molecule has 0 saturated carbocycles. The first-order chi connectivity index (χ1) is 14.0. The van der Waals surface area contributed by atoms with Crippen molar-refractivity contribution in [1.29, 1.82) is 0 Å². The molecule has 1 saturated heterocycles. The maximum atomic E-state index is 12.4. The molecular formula is C21H25ClN4O2S. The van der Waals surface area contributed by atoms with Crippen molar-refractivity contribution in [1.82, 2.24) is 10.2 Å².